The van der Waals surface area contributed by atoms with Crippen LogP contribution in [0.15, 0.2) is 199 Å². The Kier molecular flexibility index (Phi) is 8.09. The van der Waals surface area contributed by atoms with Crippen LogP contribution in [0.5, 0.6) is 0 Å². The largest absolute Gasteiger partial charge is 0.456 e. The third kappa shape index (κ3) is 5.90. The Hall–Kier alpha value is -7.63. The van der Waals surface area contributed by atoms with Gasteiger partial charge in [0.15, 0.2) is 17.5 Å². The maximum atomic E-state index is 6.77. The summed E-state index contributed by atoms with van der Waals surface area (Å²) < 4.78 is 6.77. The van der Waals surface area contributed by atoms with Crippen molar-refractivity contribution in [3.8, 4) is 56.4 Å². The zero-order valence-corrected chi connectivity index (χ0v) is 32.7. The smallest absolute Gasteiger partial charge is 0.164 e. The summed E-state index contributed by atoms with van der Waals surface area (Å²) in [5, 5.41) is 2.08. The molecule has 5 heteroatoms. The fourth-order valence-corrected chi connectivity index (χ4v) is 8.76. The minimum absolute atomic E-state index is 0.132. The lowest BCUT2D eigenvalue weighted by molar-refractivity contribution is 0.660. The van der Waals surface area contributed by atoms with E-state index in [4.69, 9.17) is 19.4 Å². The number of rotatable bonds is 7. The molecule has 2 heterocycles. The lowest BCUT2D eigenvalue weighted by Gasteiger charge is -2.29. The van der Waals surface area contributed by atoms with Crippen molar-refractivity contribution in [2.45, 2.75) is 19.3 Å². The molecule has 0 fully saturated rings. The Morgan fingerprint density at radius 2 is 0.898 bits per heavy atom. The summed E-state index contributed by atoms with van der Waals surface area (Å²) in [6, 6.07) is 67.9. The predicted molar refractivity (Wildman–Crippen MR) is 241 cm³/mol. The molecule has 0 saturated carbocycles. The first-order valence-corrected chi connectivity index (χ1v) is 20.0. The van der Waals surface area contributed by atoms with Crippen LogP contribution in [0.1, 0.15) is 25.0 Å². The summed E-state index contributed by atoms with van der Waals surface area (Å²) >= 11 is 0. The number of nitrogens with zero attached hydrogens (tertiary/aromatic N) is 4. The van der Waals surface area contributed by atoms with Crippen LogP contribution >= 0.6 is 0 Å². The number of furan rings is 1. The number of anilines is 3. The maximum Gasteiger partial charge on any atom is 0.164 e. The van der Waals surface area contributed by atoms with Gasteiger partial charge in [0, 0.05) is 55.9 Å². The van der Waals surface area contributed by atoms with Crippen LogP contribution in [0.3, 0.4) is 0 Å². The van der Waals surface area contributed by atoms with Gasteiger partial charge in [-0.05, 0) is 70.3 Å². The Morgan fingerprint density at radius 3 is 1.56 bits per heavy atom. The third-order valence-corrected chi connectivity index (χ3v) is 11.7. The summed E-state index contributed by atoms with van der Waals surface area (Å²) in [6.45, 7) is 4.66. The second-order valence-corrected chi connectivity index (χ2v) is 15.7. The molecule has 0 aliphatic heterocycles. The van der Waals surface area contributed by atoms with Crippen LogP contribution in [0.25, 0.3) is 78.4 Å². The molecule has 8 aromatic carbocycles. The molecule has 1 aliphatic carbocycles. The first-order valence-electron chi connectivity index (χ1n) is 20.0. The highest BCUT2D eigenvalue weighted by molar-refractivity contribution is 6.07. The molecule has 0 unspecified atom stereocenters. The summed E-state index contributed by atoms with van der Waals surface area (Å²) in [5.41, 5.74) is 14.9. The minimum Gasteiger partial charge on any atom is -0.456 e. The van der Waals surface area contributed by atoms with Gasteiger partial charge in [0.05, 0.1) is 5.69 Å². The Bertz CT molecular complexity index is 3120. The molecule has 0 atom stereocenters. The van der Waals surface area contributed by atoms with Gasteiger partial charge in [-0.25, -0.2) is 15.0 Å². The molecule has 1 aliphatic rings. The van der Waals surface area contributed by atoms with Gasteiger partial charge in [0.2, 0.25) is 0 Å². The van der Waals surface area contributed by atoms with Crippen molar-refractivity contribution in [2.75, 3.05) is 4.90 Å². The van der Waals surface area contributed by atoms with Gasteiger partial charge < -0.3 is 9.32 Å². The highest BCUT2D eigenvalue weighted by Gasteiger charge is 2.37. The first-order chi connectivity index (χ1) is 29.0. The van der Waals surface area contributed by atoms with E-state index in [1.165, 1.54) is 33.4 Å². The van der Waals surface area contributed by atoms with Gasteiger partial charge in [-0.1, -0.05) is 159 Å². The van der Waals surface area contributed by atoms with E-state index < -0.39 is 0 Å². The summed E-state index contributed by atoms with van der Waals surface area (Å²) in [7, 11) is 0. The molecule has 0 bridgehead atoms. The maximum absolute atomic E-state index is 6.77. The third-order valence-electron chi connectivity index (χ3n) is 11.7. The van der Waals surface area contributed by atoms with Gasteiger partial charge in [0.1, 0.15) is 11.2 Å². The average molecular weight is 759 g/mol. The van der Waals surface area contributed by atoms with Crippen molar-refractivity contribution < 1.29 is 4.42 Å². The van der Waals surface area contributed by atoms with Crippen LogP contribution in [0.2, 0.25) is 0 Å². The molecule has 0 saturated heterocycles. The fourth-order valence-electron chi connectivity index (χ4n) is 8.76. The van der Waals surface area contributed by atoms with Gasteiger partial charge in [-0.3, -0.25) is 0 Å². The number of hydrogen-bond donors (Lipinski definition) is 0. The molecule has 0 spiro atoms. The van der Waals surface area contributed by atoms with Gasteiger partial charge in [-0.2, -0.15) is 0 Å². The Balaban J connectivity index is 1.05. The highest BCUT2D eigenvalue weighted by atomic mass is 16.3. The Labute approximate surface area is 342 Å². The SMILES string of the molecule is CC1(C)c2ccccc2-c2c(N(c3ccc(-c4ccccc4)cc3)c3ccc4c(c3)oc3cc(-c5nc(-c6ccccc6)nc(-c6ccccc6)n5)ccc34)cccc21. The van der Waals surface area contributed by atoms with Crippen molar-refractivity contribution in [2.24, 2.45) is 0 Å². The molecular formula is C54H38N4O. The second kappa shape index (κ2) is 13.8. The molecule has 5 nitrogen and oxygen atoms in total. The van der Waals surface area contributed by atoms with E-state index in [-0.39, 0.29) is 5.41 Å². The summed E-state index contributed by atoms with van der Waals surface area (Å²) in [4.78, 5) is 17.2. The van der Waals surface area contributed by atoms with E-state index in [0.717, 1.165) is 55.7 Å². The van der Waals surface area contributed by atoms with Crippen LogP contribution in [0.4, 0.5) is 17.1 Å². The average Bonchev–Trinajstić information content (AvgIpc) is 3.78. The molecule has 59 heavy (non-hydrogen) atoms. The molecular weight excluding hydrogens is 721 g/mol. The molecule has 280 valence electrons. The van der Waals surface area contributed by atoms with E-state index in [9.17, 15) is 0 Å². The number of aromatic nitrogens is 3. The topological polar surface area (TPSA) is 55.1 Å². The lowest BCUT2D eigenvalue weighted by Crippen LogP contribution is -2.16. The van der Waals surface area contributed by atoms with Crippen molar-refractivity contribution in [1.82, 2.24) is 15.0 Å². The summed E-state index contributed by atoms with van der Waals surface area (Å²) in [5.74, 6) is 1.84. The van der Waals surface area contributed by atoms with Crippen molar-refractivity contribution in [3.05, 3.63) is 205 Å². The molecule has 0 amide bonds. The van der Waals surface area contributed by atoms with E-state index in [0.29, 0.717) is 17.5 Å². The van der Waals surface area contributed by atoms with Crippen LogP contribution in [-0.4, -0.2) is 15.0 Å². The fraction of sp³-hybridized carbons (Fsp3) is 0.0556. The zero-order chi connectivity index (χ0) is 39.5. The lowest BCUT2D eigenvalue weighted by atomic mass is 9.82. The number of hydrogen-bond acceptors (Lipinski definition) is 5. The quantitative estimate of drug-likeness (QED) is 0.162. The van der Waals surface area contributed by atoms with Crippen LogP contribution in [0, 0.1) is 0 Å². The molecule has 0 N–H and O–H groups in total. The van der Waals surface area contributed by atoms with Crippen molar-refractivity contribution >= 4 is 39.0 Å². The zero-order valence-electron chi connectivity index (χ0n) is 32.7. The van der Waals surface area contributed by atoms with E-state index in [2.05, 4.69) is 152 Å². The number of fused-ring (bicyclic) bond motifs is 6. The first kappa shape index (κ1) is 34.6. The highest BCUT2D eigenvalue weighted by Crippen LogP contribution is 2.54. The minimum atomic E-state index is -0.132. The molecule has 0 radical (unpaired) electrons. The van der Waals surface area contributed by atoms with Crippen LogP contribution in [-0.2, 0) is 5.41 Å². The Morgan fingerprint density at radius 1 is 0.407 bits per heavy atom. The molecule has 10 aromatic rings. The monoisotopic (exact) mass is 758 g/mol. The predicted octanol–water partition coefficient (Wildman–Crippen LogP) is 14.2. The van der Waals surface area contributed by atoms with E-state index in [1.54, 1.807) is 0 Å². The second-order valence-electron chi connectivity index (χ2n) is 15.7. The summed E-state index contributed by atoms with van der Waals surface area (Å²) in [6.07, 6.45) is 0. The van der Waals surface area contributed by atoms with Gasteiger partial charge in [-0.15, -0.1) is 0 Å². The normalized spacial score (nSPS) is 12.7. The standard InChI is InChI=1S/C54H38N4O/c1-54(2)45-22-13-12-21-44(45)50-46(54)23-14-24-47(50)58(40-28-25-36(26-29-40)35-15-6-3-7-16-35)41-30-32-43-42-31-27-39(33-48(42)59-49(43)34-41)53-56-51(37-17-8-4-9-18-37)55-52(57-53)38-19-10-5-11-20-38/h3-34H,1-2H3. The van der Waals surface area contributed by atoms with Crippen molar-refractivity contribution in [3.63, 3.8) is 0 Å². The van der Waals surface area contributed by atoms with Gasteiger partial charge >= 0.3 is 0 Å². The molecule has 2 aromatic heterocycles. The van der Waals surface area contributed by atoms with E-state index in [1.807, 2.05) is 60.7 Å². The number of benzene rings is 8. The van der Waals surface area contributed by atoms with Crippen molar-refractivity contribution in [1.29, 1.82) is 0 Å². The van der Waals surface area contributed by atoms with Crippen LogP contribution < -0.4 is 4.90 Å². The van der Waals surface area contributed by atoms with Gasteiger partial charge in [0.25, 0.3) is 0 Å². The molecule has 11 rings (SSSR count). The van der Waals surface area contributed by atoms with E-state index >= 15 is 0 Å².